The van der Waals surface area contributed by atoms with Crippen molar-refractivity contribution in [2.45, 2.75) is 31.2 Å². The SMILES string of the molecule is CS(=O)(=O)Cc1nc(CN2CCC(O)CC2)cs1. The fourth-order valence-electron chi connectivity index (χ4n) is 2.02. The van der Waals surface area contributed by atoms with Gasteiger partial charge in [0.05, 0.1) is 11.8 Å². The zero-order chi connectivity index (χ0) is 13.2. The number of aromatic nitrogens is 1. The van der Waals surface area contributed by atoms with Crippen molar-refractivity contribution < 1.29 is 13.5 Å². The van der Waals surface area contributed by atoms with Crippen LogP contribution >= 0.6 is 11.3 Å². The molecule has 2 rings (SSSR count). The van der Waals surface area contributed by atoms with Crippen molar-refractivity contribution in [3.8, 4) is 0 Å². The molecule has 0 spiro atoms. The zero-order valence-corrected chi connectivity index (χ0v) is 12.0. The van der Waals surface area contributed by atoms with Crippen LogP contribution < -0.4 is 0 Å². The molecule has 0 atom stereocenters. The Morgan fingerprint density at radius 1 is 1.50 bits per heavy atom. The average molecular weight is 290 g/mol. The molecular formula is C11H18N2O3S2. The first-order chi connectivity index (χ1) is 8.42. The van der Waals surface area contributed by atoms with E-state index in [1.54, 1.807) is 0 Å². The Labute approximate surface area is 111 Å². The number of aliphatic hydroxyl groups is 1. The maximum absolute atomic E-state index is 11.2. The van der Waals surface area contributed by atoms with Crippen molar-refractivity contribution in [2.75, 3.05) is 19.3 Å². The molecule has 1 aromatic heterocycles. The number of sulfone groups is 1. The van der Waals surface area contributed by atoms with E-state index in [0.717, 1.165) is 38.2 Å². The second kappa shape index (κ2) is 5.64. The van der Waals surface area contributed by atoms with Crippen molar-refractivity contribution in [3.63, 3.8) is 0 Å². The Morgan fingerprint density at radius 3 is 2.78 bits per heavy atom. The van der Waals surface area contributed by atoms with Gasteiger partial charge in [0.15, 0.2) is 9.84 Å². The summed E-state index contributed by atoms with van der Waals surface area (Å²) in [6.45, 7) is 2.49. The van der Waals surface area contributed by atoms with E-state index in [2.05, 4.69) is 9.88 Å². The summed E-state index contributed by atoms with van der Waals surface area (Å²) < 4.78 is 22.3. The predicted octanol–water partition coefficient (Wildman–Crippen LogP) is 0.644. The van der Waals surface area contributed by atoms with Crippen LogP contribution in [0.1, 0.15) is 23.5 Å². The van der Waals surface area contributed by atoms with E-state index < -0.39 is 9.84 Å². The van der Waals surface area contributed by atoms with Gasteiger partial charge in [0, 0.05) is 31.3 Å². The summed E-state index contributed by atoms with van der Waals surface area (Å²) in [5.74, 6) is 0.0242. The molecular weight excluding hydrogens is 272 g/mol. The van der Waals surface area contributed by atoms with Gasteiger partial charge in [-0.05, 0) is 12.8 Å². The van der Waals surface area contributed by atoms with E-state index in [1.807, 2.05) is 5.38 Å². The number of piperidine rings is 1. The highest BCUT2D eigenvalue weighted by Gasteiger charge is 2.18. The molecule has 18 heavy (non-hydrogen) atoms. The fourth-order valence-corrected chi connectivity index (χ4v) is 4.02. The maximum Gasteiger partial charge on any atom is 0.153 e. The van der Waals surface area contributed by atoms with Gasteiger partial charge < -0.3 is 5.11 Å². The molecule has 1 aliphatic heterocycles. The van der Waals surface area contributed by atoms with Crippen molar-refractivity contribution in [1.29, 1.82) is 0 Å². The molecule has 0 unspecified atom stereocenters. The predicted molar refractivity (Wildman–Crippen MR) is 71.2 cm³/mol. The number of hydrogen-bond donors (Lipinski definition) is 1. The number of nitrogens with zero attached hydrogens (tertiary/aromatic N) is 2. The number of thiazole rings is 1. The normalized spacial score (nSPS) is 19.2. The highest BCUT2D eigenvalue weighted by Crippen LogP contribution is 2.17. The van der Waals surface area contributed by atoms with Crippen molar-refractivity contribution in [2.24, 2.45) is 0 Å². The summed E-state index contributed by atoms with van der Waals surface area (Å²) >= 11 is 1.40. The topological polar surface area (TPSA) is 70.5 Å². The lowest BCUT2D eigenvalue weighted by Gasteiger charge is -2.28. The van der Waals surface area contributed by atoms with Gasteiger partial charge in [-0.2, -0.15) is 0 Å². The van der Waals surface area contributed by atoms with E-state index in [1.165, 1.54) is 17.6 Å². The van der Waals surface area contributed by atoms with Gasteiger partial charge >= 0.3 is 0 Å². The molecule has 1 aliphatic rings. The second-order valence-corrected chi connectivity index (χ2v) is 7.89. The lowest BCUT2D eigenvalue weighted by molar-refractivity contribution is 0.0787. The Kier molecular flexibility index (Phi) is 4.37. The number of rotatable bonds is 4. The molecule has 1 saturated heterocycles. The van der Waals surface area contributed by atoms with Gasteiger partial charge in [-0.15, -0.1) is 11.3 Å². The first kappa shape index (κ1) is 13.9. The molecule has 0 aromatic carbocycles. The number of aliphatic hydroxyl groups excluding tert-OH is 1. The monoisotopic (exact) mass is 290 g/mol. The molecule has 102 valence electrons. The molecule has 0 amide bonds. The summed E-state index contributed by atoms with van der Waals surface area (Å²) in [4.78, 5) is 6.59. The first-order valence-corrected chi connectivity index (χ1v) is 8.88. The molecule has 0 bridgehead atoms. The molecule has 0 aliphatic carbocycles. The Balaban J connectivity index is 1.90. The number of likely N-dealkylation sites (tertiary alicyclic amines) is 1. The van der Waals surface area contributed by atoms with Gasteiger partial charge in [0.25, 0.3) is 0 Å². The van der Waals surface area contributed by atoms with Crippen LogP contribution in [0.4, 0.5) is 0 Å². The van der Waals surface area contributed by atoms with Crippen molar-refractivity contribution in [3.05, 3.63) is 16.1 Å². The molecule has 7 heteroatoms. The van der Waals surface area contributed by atoms with Gasteiger partial charge in [0.2, 0.25) is 0 Å². The molecule has 0 saturated carbocycles. The minimum Gasteiger partial charge on any atom is -0.393 e. The summed E-state index contributed by atoms with van der Waals surface area (Å²) in [5, 5.41) is 12.0. The van der Waals surface area contributed by atoms with Crippen LogP contribution in [-0.2, 0) is 22.1 Å². The van der Waals surface area contributed by atoms with Crippen LogP contribution in [0.5, 0.6) is 0 Å². The van der Waals surface area contributed by atoms with Crippen LogP contribution in [0.3, 0.4) is 0 Å². The Hall–Kier alpha value is -0.500. The van der Waals surface area contributed by atoms with E-state index in [4.69, 9.17) is 0 Å². The zero-order valence-electron chi connectivity index (χ0n) is 10.4. The number of hydrogen-bond acceptors (Lipinski definition) is 6. The van der Waals surface area contributed by atoms with Gasteiger partial charge in [0.1, 0.15) is 10.8 Å². The van der Waals surface area contributed by atoms with E-state index in [0.29, 0.717) is 5.01 Å². The van der Waals surface area contributed by atoms with Crippen LogP contribution in [0, 0.1) is 0 Å². The molecule has 1 aromatic rings. The summed E-state index contributed by atoms with van der Waals surface area (Å²) in [5.41, 5.74) is 0.926. The third-order valence-corrected chi connectivity index (χ3v) is 4.81. The molecule has 1 N–H and O–H groups in total. The fraction of sp³-hybridized carbons (Fsp3) is 0.727. The summed E-state index contributed by atoms with van der Waals surface area (Å²) in [6, 6.07) is 0. The first-order valence-electron chi connectivity index (χ1n) is 5.94. The van der Waals surface area contributed by atoms with E-state index in [9.17, 15) is 13.5 Å². The Bertz CT molecular complexity index is 490. The minimum atomic E-state index is -3.00. The maximum atomic E-state index is 11.2. The quantitative estimate of drug-likeness (QED) is 0.881. The van der Waals surface area contributed by atoms with E-state index >= 15 is 0 Å². The van der Waals surface area contributed by atoms with Crippen LogP contribution in [0.2, 0.25) is 0 Å². The third-order valence-electron chi connectivity index (χ3n) is 2.93. The largest absolute Gasteiger partial charge is 0.393 e. The summed E-state index contributed by atoms with van der Waals surface area (Å²) in [6.07, 6.45) is 2.67. The standard InChI is InChI=1S/C11H18N2O3S2/c1-18(15,16)8-11-12-9(7-17-11)6-13-4-2-10(14)3-5-13/h7,10,14H,2-6,8H2,1H3. The van der Waals surface area contributed by atoms with Gasteiger partial charge in [-0.25, -0.2) is 13.4 Å². The smallest absolute Gasteiger partial charge is 0.153 e. The second-order valence-electron chi connectivity index (χ2n) is 4.81. The van der Waals surface area contributed by atoms with Crippen LogP contribution in [-0.4, -0.2) is 48.9 Å². The van der Waals surface area contributed by atoms with Crippen LogP contribution in [0.25, 0.3) is 0 Å². The summed E-state index contributed by atoms with van der Waals surface area (Å²) in [7, 11) is -3.00. The lowest BCUT2D eigenvalue weighted by Crippen LogP contribution is -2.35. The van der Waals surface area contributed by atoms with E-state index in [-0.39, 0.29) is 11.9 Å². The average Bonchev–Trinajstić information content (AvgIpc) is 2.66. The molecule has 1 fully saturated rings. The highest BCUT2D eigenvalue weighted by molar-refractivity contribution is 7.90. The van der Waals surface area contributed by atoms with Crippen molar-refractivity contribution in [1.82, 2.24) is 9.88 Å². The molecule has 5 nitrogen and oxygen atoms in total. The van der Waals surface area contributed by atoms with Crippen molar-refractivity contribution >= 4 is 21.2 Å². The Morgan fingerprint density at radius 2 is 2.17 bits per heavy atom. The minimum absolute atomic E-state index is 0.0242. The van der Waals surface area contributed by atoms with Gasteiger partial charge in [-0.1, -0.05) is 0 Å². The highest BCUT2D eigenvalue weighted by atomic mass is 32.2. The molecule has 2 heterocycles. The molecule has 0 radical (unpaired) electrons. The third kappa shape index (κ3) is 4.31. The van der Waals surface area contributed by atoms with Crippen LogP contribution in [0.15, 0.2) is 5.38 Å². The lowest BCUT2D eigenvalue weighted by atomic mass is 10.1. The van der Waals surface area contributed by atoms with Gasteiger partial charge in [-0.3, -0.25) is 4.90 Å².